The molecule has 1 aliphatic heterocycles. The maximum absolute atomic E-state index is 3.48. The first-order valence-electron chi connectivity index (χ1n) is 8.32. The van der Waals surface area contributed by atoms with Crippen molar-refractivity contribution < 1.29 is 0 Å². The average molecular weight is 322 g/mol. The number of benzene rings is 2. The molecule has 2 aromatic carbocycles. The summed E-state index contributed by atoms with van der Waals surface area (Å²) >= 11 is 1.94. The van der Waals surface area contributed by atoms with Crippen molar-refractivity contribution in [2.45, 2.75) is 13.0 Å². The van der Waals surface area contributed by atoms with Crippen molar-refractivity contribution in [1.29, 1.82) is 0 Å². The lowest BCUT2D eigenvalue weighted by Crippen LogP contribution is -2.45. The molecule has 0 aliphatic carbocycles. The van der Waals surface area contributed by atoms with Crippen LogP contribution in [0.1, 0.15) is 22.0 Å². The monoisotopic (exact) mass is 322 g/mol. The van der Waals surface area contributed by atoms with Crippen molar-refractivity contribution in [2.24, 2.45) is 0 Å². The van der Waals surface area contributed by atoms with Crippen LogP contribution in [0.5, 0.6) is 0 Å². The molecular formula is C20H22N2S. The Hall–Kier alpha value is -1.68. The Labute approximate surface area is 141 Å². The van der Waals surface area contributed by atoms with Crippen LogP contribution in [-0.4, -0.2) is 31.1 Å². The van der Waals surface area contributed by atoms with Crippen molar-refractivity contribution in [3.05, 3.63) is 70.6 Å². The molecule has 4 rings (SSSR count). The van der Waals surface area contributed by atoms with E-state index in [0.29, 0.717) is 6.04 Å². The Bertz CT molecular complexity index is 769. The van der Waals surface area contributed by atoms with Gasteiger partial charge in [-0.25, -0.2) is 0 Å². The van der Waals surface area contributed by atoms with Crippen molar-refractivity contribution in [2.75, 3.05) is 26.2 Å². The van der Waals surface area contributed by atoms with Crippen LogP contribution in [0.15, 0.2) is 54.6 Å². The molecule has 0 spiro atoms. The minimum Gasteiger partial charge on any atom is -0.314 e. The summed E-state index contributed by atoms with van der Waals surface area (Å²) in [6.45, 7) is 6.60. The molecule has 0 radical (unpaired) electrons. The van der Waals surface area contributed by atoms with Crippen LogP contribution in [0.2, 0.25) is 0 Å². The Balaban J connectivity index is 1.82. The first-order chi connectivity index (χ1) is 11.3. The van der Waals surface area contributed by atoms with Gasteiger partial charge in [0.2, 0.25) is 0 Å². The van der Waals surface area contributed by atoms with Gasteiger partial charge in [0, 0.05) is 35.8 Å². The molecule has 1 N–H and O–H groups in total. The van der Waals surface area contributed by atoms with Gasteiger partial charge in [0.05, 0.1) is 6.04 Å². The molecule has 0 saturated carbocycles. The third kappa shape index (κ3) is 2.92. The molecule has 1 aliphatic rings. The molecule has 23 heavy (non-hydrogen) atoms. The van der Waals surface area contributed by atoms with Crippen molar-refractivity contribution in [3.63, 3.8) is 0 Å². The van der Waals surface area contributed by atoms with Crippen LogP contribution >= 0.6 is 11.3 Å². The van der Waals surface area contributed by atoms with E-state index in [9.17, 15) is 0 Å². The summed E-state index contributed by atoms with van der Waals surface area (Å²) in [4.78, 5) is 4.09. The number of rotatable bonds is 3. The number of nitrogens with one attached hydrogen (secondary N) is 1. The summed E-state index contributed by atoms with van der Waals surface area (Å²) in [6.07, 6.45) is 0. The number of piperazine rings is 1. The Kier molecular flexibility index (Phi) is 4.17. The summed E-state index contributed by atoms with van der Waals surface area (Å²) < 4.78 is 1.39. The van der Waals surface area contributed by atoms with Crippen molar-refractivity contribution in [1.82, 2.24) is 10.2 Å². The Morgan fingerprint density at radius 3 is 2.52 bits per heavy atom. The lowest BCUT2D eigenvalue weighted by atomic mass is 9.97. The van der Waals surface area contributed by atoms with Gasteiger partial charge in [-0.1, -0.05) is 42.5 Å². The second-order valence-electron chi connectivity index (χ2n) is 6.23. The Morgan fingerprint density at radius 2 is 1.74 bits per heavy atom. The van der Waals surface area contributed by atoms with E-state index in [0.717, 1.165) is 26.2 Å². The van der Waals surface area contributed by atoms with E-state index < -0.39 is 0 Å². The van der Waals surface area contributed by atoms with E-state index in [4.69, 9.17) is 0 Å². The fraction of sp³-hybridized carbons (Fsp3) is 0.300. The van der Waals surface area contributed by atoms with E-state index in [1.54, 1.807) is 0 Å². The fourth-order valence-corrected chi connectivity index (χ4v) is 4.72. The van der Waals surface area contributed by atoms with Crippen LogP contribution in [-0.2, 0) is 0 Å². The predicted octanol–water partition coefficient (Wildman–Crippen LogP) is 4.20. The van der Waals surface area contributed by atoms with Gasteiger partial charge in [0.1, 0.15) is 0 Å². The maximum atomic E-state index is 3.48. The lowest BCUT2D eigenvalue weighted by Gasteiger charge is -2.35. The number of nitrogens with zero attached hydrogens (tertiary/aromatic N) is 1. The van der Waals surface area contributed by atoms with Crippen molar-refractivity contribution >= 4 is 21.4 Å². The molecule has 1 unspecified atom stereocenters. The number of hydrogen-bond acceptors (Lipinski definition) is 3. The second-order valence-corrected chi connectivity index (χ2v) is 7.35. The minimum atomic E-state index is 0.371. The van der Waals surface area contributed by atoms with Gasteiger partial charge in [-0.3, -0.25) is 4.90 Å². The quantitative estimate of drug-likeness (QED) is 0.777. The van der Waals surface area contributed by atoms with E-state index in [1.165, 1.54) is 26.1 Å². The highest BCUT2D eigenvalue weighted by molar-refractivity contribution is 7.19. The largest absolute Gasteiger partial charge is 0.314 e. The van der Waals surface area contributed by atoms with Crippen molar-refractivity contribution in [3.8, 4) is 0 Å². The molecule has 1 fully saturated rings. The standard InChI is InChI=1S/C20H22N2S/c1-15-6-2-4-8-17(15)20(22-12-10-21-11-13-22)19-14-16-7-3-5-9-18(16)23-19/h2-9,14,20-21H,10-13H2,1H3. The van der Waals surface area contributed by atoms with Gasteiger partial charge in [0.15, 0.2) is 0 Å². The molecular weight excluding hydrogens is 300 g/mol. The van der Waals surface area contributed by atoms with Crippen LogP contribution in [0.3, 0.4) is 0 Å². The zero-order valence-corrected chi connectivity index (χ0v) is 14.3. The molecule has 0 amide bonds. The predicted molar refractivity (Wildman–Crippen MR) is 99.3 cm³/mol. The molecule has 0 bridgehead atoms. The Morgan fingerprint density at radius 1 is 1.00 bits per heavy atom. The van der Waals surface area contributed by atoms with Gasteiger partial charge in [-0.05, 0) is 35.6 Å². The van der Waals surface area contributed by atoms with Gasteiger partial charge < -0.3 is 5.32 Å². The normalized spacial score (nSPS) is 17.4. The summed E-state index contributed by atoms with van der Waals surface area (Å²) in [5, 5.41) is 4.84. The van der Waals surface area contributed by atoms with E-state index in [1.807, 2.05) is 11.3 Å². The fourth-order valence-electron chi connectivity index (χ4n) is 3.50. The minimum absolute atomic E-state index is 0.371. The molecule has 118 valence electrons. The number of aryl methyl sites for hydroxylation is 1. The summed E-state index contributed by atoms with van der Waals surface area (Å²) in [5.74, 6) is 0. The third-order valence-electron chi connectivity index (χ3n) is 4.71. The first kappa shape index (κ1) is 14.9. The van der Waals surface area contributed by atoms with E-state index in [2.05, 4.69) is 71.7 Å². The highest BCUT2D eigenvalue weighted by Crippen LogP contribution is 2.37. The van der Waals surface area contributed by atoms with E-state index >= 15 is 0 Å². The molecule has 1 saturated heterocycles. The summed E-state index contributed by atoms with van der Waals surface area (Å²) in [6, 6.07) is 20.3. The number of thiophene rings is 1. The van der Waals surface area contributed by atoms with Gasteiger partial charge in [-0.2, -0.15) is 0 Å². The molecule has 1 atom stereocenters. The first-order valence-corrected chi connectivity index (χ1v) is 9.13. The zero-order valence-electron chi connectivity index (χ0n) is 13.5. The molecule has 1 aromatic heterocycles. The van der Waals surface area contributed by atoms with Gasteiger partial charge in [-0.15, -0.1) is 11.3 Å². The lowest BCUT2D eigenvalue weighted by molar-refractivity contribution is 0.200. The molecule has 3 aromatic rings. The summed E-state index contributed by atoms with van der Waals surface area (Å²) in [7, 11) is 0. The van der Waals surface area contributed by atoms with Crippen LogP contribution in [0.25, 0.3) is 10.1 Å². The van der Waals surface area contributed by atoms with Crippen LogP contribution < -0.4 is 5.32 Å². The molecule has 3 heteroatoms. The van der Waals surface area contributed by atoms with E-state index in [-0.39, 0.29) is 0 Å². The van der Waals surface area contributed by atoms with Gasteiger partial charge >= 0.3 is 0 Å². The topological polar surface area (TPSA) is 15.3 Å². The SMILES string of the molecule is Cc1ccccc1C(c1cc2ccccc2s1)N1CCNCC1. The third-order valence-corrected chi connectivity index (χ3v) is 5.88. The second kappa shape index (κ2) is 6.44. The summed E-state index contributed by atoms with van der Waals surface area (Å²) in [5.41, 5.74) is 2.83. The average Bonchev–Trinajstić information content (AvgIpc) is 3.01. The highest BCUT2D eigenvalue weighted by Gasteiger charge is 2.26. The van der Waals surface area contributed by atoms with Crippen LogP contribution in [0, 0.1) is 6.92 Å². The van der Waals surface area contributed by atoms with Crippen LogP contribution in [0.4, 0.5) is 0 Å². The maximum Gasteiger partial charge on any atom is 0.0699 e. The smallest absolute Gasteiger partial charge is 0.0699 e. The molecule has 2 nitrogen and oxygen atoms in total. The molecule has 2 heterocycles. The highest BCUT2D eigenvalue weighted by atomic mass is 32.1. The zero-order chi connectivity index (χ0) is 15.6. The number of fused-ring (bicyclic) bond motifs is 1. The number of hydrogen-bond donors (Lipinski definition) is 1. The van der Waals surface area contributed by atoms with Gasteiger partial charge in [0.25, 0.3) is 0 Å².